The van der Waals surface area contributed by atoms with E-state index in [0.29, 0.717) is 0 Å². The summed E-state index contributed by atoms with van der Waals surface area (Å²) in [6.45, 7) is 5.11. The van der Waals surface area contributed by atoms with Crippen molar-refractivity contribution in [3.8, 4) is 5.75 Å². The van der Waals surface area contributed by atoms with Crippen molar-refractivity contribution in [1.82, 2.24) is 4.72 Å². The Bertz CT molecular complexity index is 558. The number of hydrogen-bond donors (Lipinski definition) is 1. The maximum atomic E-state index is 11.3. The van der Waals surface area contributed by atoms with Crippen LogP contribution in [0.2, 0.25) is 0 Å². The number of hydrogen-bond acceptors (Lipinski definition) is 4. The molecule has 0 aromatic heterocycles. The number of sulfonamides is 1. The van der Waals surface area contributed by atoms with Gasteiger partial charge >= 0.3 is 6.09 Å². The minimum Gasteiger partial charge on any atom is -0.410 e. The van der Waals surface area contributed by atoms with E-state index in [0.717, 1.165) is 11.0 Å². The van der Waals surface area contributed by atoms with Crippen molar-refractivity contribution in [2.24, 2.45) is 0 Å². The molecular formula is C12H13NO4S. The van der Waals surface area contributed by atoms with Crippen LogP contribution in [0.15, 0.2) is 42.3 Å². The van der Waals surface area contributed by atoms with Crippen LogP contribution >= 0.6 is 0 Å². The summed E-state index contributed by atoms with van der Waals surface area (Å²) >= 11 is 0. The molecule has 0 saturated carbocycles. The molecule has 5 nitrogen and oxygen atoms in total. The number of allylic oxidation sites excluding steroid dienone is 1. The van der Waals surface area contributed by atoms with E-state index < -0.39 is 16.1 Å². The maximum Gasteiger partial charge on any atom is 0.426 e. The van der Waals surface area contributed by atoms with E-state index in [2.05, 4.69) is 6.58 Å². The zero-order valence-corrected chi connectivity index (χ0v) is 10.6. The first kappa shape index (κ1) is 14.0. The summed E-state index contributed by atoms with van der Waals surface area (Å²) in [5, 5.41) is 0.870. The van der Waals surface area contributed by atoms with E-state index in [-0.39, 0.29) is 5.75 Å². The smallest absolute Gasteiger partial charge is 0.410 e. The number of rotatable bonds is 4. The van der Waals surface area contributed by atoms with Crippen LogP contribution in [0, 0.1) is 0 Å². The Hall–Kier alpha value is -2.08. The van der Waals surface area contributed by atoms with Gasteiger partial charge in [0.25, 0.3) is 10.0 Å². The Morgan fingerprint density at radius 3 is 2.44 bits per heavy atom. The number of amides is 1. The highest BCUT2D eigenvalue weighted by molar-refractivity contribution is 7.92. The minimum absolute atomic E-state index is 0.244. The Labute approximate surface area is 106 Å². The Morgan fingerprint density at radius 2 is 1.94 bits per heavy atom. The molecule has 1 N–H and O–H groups in total. The molecule has 1 aromatic rings. The summed E-state index contributed by atoms with van der Waals surface area (Å²) in [6.07, 6.45) is 1.88. The Balaban J connectivity index is 2.67. The van der Waals surface area contributed by atoms with Gasteiger partial charge in [-0.1, -0.05) is 30.9 Å². The van der Waals surface area contributed by atoms with Gasteiger partial charge in [0, 0.05) is 5.41 Å². The summed E-state index contributed by atoms with van der Waals surface area (Å²) < 4.78 is 29.0. The topological polar surface area (TPSA) is 72.5 Å². The lowest BCUT2D eigenvalue weighted by Crippen LogP contribution is -2.31. The van der Waals surface area contributed by atoms with Crippen molar-refractivity contribution in [1.29, 1.82) is 0 Å². The van der Waals surface area contributed by atoms with Crippen LogP contribution in [0.25, 0.3) is 6.08 Å². The molecule has 0 aliphatic rings. The third kappa shape index (κ3) is 4.42. The van der Waals surface area contributed by atoms with E-state index in [1.165, 1.54) is 13.0 Å². The summed E-state index contributed by atoms with van der Waals surface area (Å²) in [7, 11) is -3.79. The first-order chi connectivity index (χ1) is 8.46. The lowest BCUT2D eigenvalue weighted by Gasteiger charge is -2.05. The monoisotopic (exact) mass is 267 g/mol. The van der Waals surface area contributed by atoms with Gasteiger partial charge in [0.15, 0.2) is 0 Å². The number of ether oxygens (including phenoxy) is 1. The van der Waals surface area contributed by atoms with E-state index in [1.54, 1.807) is 35.1 Å². The number of nitrogens with one attached hydrogen (secondary N) is 1. The Kier molecular flexibility index (Phi) is 4.67. The average molecular weight is 267 g/mol. The molecule has 0 spiro atoms. The van der Waals surface area contributed by atoms with E-state index in [9.17, 15) is 13.2 Å². The maximum absolute atomic E-state index is 11.3. The van der Waals surface area contributed by atoms with Crippen LogP contribution in [-0.4, -0.2) is 14.5 Å². The van der Waals surface area contributed by atoms with E-state index >= 15 is 0 Å². The predicted molar refractivity (Wildman–Crippen MR) is 69.4 cm³/mol. The van der Waals surface area contributed by atoms with Gasteiger partial charge in [-0.2, -0.15) is 0 Å². The third-order valence-corrected chi connectivity index (χ3v) is 2.95. The van der Waals surface area contributed by atoms with Crippen LogP contribution < -0.4 is 9.46 Å². The number of carbonyl (C=O) groups excluding carboxylic acids is 1. The highest BCUT2D eigenvalue weighted by Crippen LogP contribution is 2.12. The summed E-state index contributed by atoms with van der Waals surface area (Å²) in [4.78, 5) is 11.3. The molecule has 0 heterocycles. The standard InChI is InChI=1S/C12H13NO4S/c1-3-9-18(15,16)13-12(14)17-11-7-5-10(4-2)6-8-11/h3-9H,2H2,1H3,(H,13,14). The van der Waals surface area contributed by atoms with Gasteiger partial charge in [0.1, 0.15) is 5.75 Å². The van der Waals surface area contributed by atoms with Gasteiger partial charge in [0.05, 0.1) is 0 Å². The third-order valence-electron chi connectivity index (χ3n) is 1.87. The molecule has 18 heavy (non-hydrogen) atoms. The minimum atomic E-state index is -3.79. The van der Waals surface area contributed by atoms with Crippen LogP contribution in [0.1, 0.15) is 12.5 Å². The first-order valence-corrected chi connectivity index (χ1v) is 6.61. The molecule has 0 saturated heterocycles. The summed E-state index contributed by atoms with van der Waals surface area (Å²) in [5.74, 6) is 0.244. The average Bonchev–Trinajstić information content (AvgIpc) is 2.28. The fourth-order valence-corrected chi connectivity index (χ4v) is 1.83. The van der Waals surface area contributed by atoms with E-state index in [4.69, 9.17) is 4.74 Å². The molecule has 0 bridgehead atoms. The van der Waals surface area contributed by atoms with Crippen LogP contribution in [0.4, 0.5) is 4.79 Å². The molecular weight excluding hydrogens is 254 g/mol. The van der Waals surface area contributed by atoms with Gasteiger partial charge < -0.3 is 4.74 Å². The fraction of sp³-hybridized carbons (Fsp3) is 0.0833. The van der Waals surface area contributed by atoms with Gasteiger partial charge in [-0.15, -0.1) is 0 Å². The van der Waals surface area contributed by atoms with Gasteiger partial charge in [0.2, 0.25) is 0 Å². The molecule has 0 aliphatic carbocycles. The van der Waals surface area contributed by atoms with Crippen molar-refractivity contribution in [2.75, 3.05) is 0 Å². The second kappa shape index (κ2) is 6.02. The van der Waals surface area contributed by atoms with E-state index in [1.807, 2.05) is 0 Å². The number of carbonyl (C=O) groups is 1. The lowest BCUT2D eigenvalue weighted by molar-refractivity contribution is 0.207. The zero-order chi connectivity index (χ0) is 13.6. The van der Waals surface area contributed by atoms with Crippen LogP contribution in [0.5, 0.6) is 5.75 Å². The van der Waals surface area contributed by atoms with Crippen LogP contribution in [0.3, 0.4) is 0 Å². The molecule has 1 aromatic carbocycles. The second-order valence-electron chi connectivity index (χ2n) is 3.28. The number of benzene rings is 1. The molecule has 0 unspecified atom stereocenters. The highest BCUT2D eigenvalue weighted by atomic mass is 32.2. The summed E-state index contributed by atoms with van der Waals surface area (Å²) in [6, 6.07) is 6.46. The predicted octanol–water partition coefficient (Wildman–Crippen LogP) is 2.28. The van der Waals surface area contributed by atoms with Crippen molar-refractivity contribution in [3.63, 3.8) is 0 Å². The Morgan fingerprint density at radius 1 is 1.33 bits per heavy atom. The molecule has 96 valence electrons. The molecule has 1 amide bonds. The van der Waals surface area contributed by atoms with Crippen molar-refractivity contribution >= 4 is 22.2 Å². The van der Waals surface area contributed by atoms with Gasteiger partial charge in [-0.3, -0.25) is 0 Å². The molecule has 0 radical (unpaired) electrons. The first-order valence-electron chi connectivity index (χ1n) is 5.06. The normalized spacial score (nSPS) is 11.2. The SMILES string of the molecule is C=Cc1ccc(OC(=O)NS(=O)(=O)C=CC)cc1. The molecule has 1 rings (SSSR count). The molecule has 6 heteroatoms. The van der Waals surface area contributed by atoms with Crippen molar-refractivity contribution < 1.29 is 17.9 Å². The van der Waals surface area contributed by atoms with Gasteiger partial charge in [-0.05, 0) is 24.6 Å². The fourth-order valence-electron chi connectivity index (χ4n) is 1.13. The largest absolute Gasteiger partial charge is 0.426 e. The summed E-state index contributed by atoms with van der Waals surface area (Å²) in [5.41, 5.74) is 0.865. The van der Waals surface area contributed by atoms with Gasteiger partial charge in [-0.25, -0.2) is 17.9 Å². The van der Waals surface area contributed by atoms with Crippen molar-refractivity contribution in [3.05, 3.63) is 47.9 Å². The lowest BCUT2D eigenvalue weighted by atomic mass is 10.2. The van der Waals surface area contributed by atoms with Crippen LogP contribution in [-0.2, 0) is 10.0 Å². The second-order valence-corrected chi connectivity index (χ2v) is 4.85. The van der Waals surface area contributed by atoms with Crippen molar-refractivity contribution in [2.45, 2.75) is 6.92 Å². The zero-order valence-electron chi connectivity index (χ0n) is 9.79. The quantitative estimate of drug-likeness (QED) is 0.908. The molecule has 0 fully saturated rings. The molecule has 0 aliphatic heterocycles. The molecule has 0 atom stereocenters. The highest BCUT2D eigenvalue weighted by Gasteiger charge is 2.12.